The molecule has 0 amide bonds. The number of aromatic amines is 1. The number of H-pyrrole nitrogens is 1. The minimum absolute atomic E-state index is 0. The highest BCUT2D eigenvalue weighted by molar-refractivity contribution is 5.66. The van der Waals surface area contributed by atoms with Crippen LogP contribution in [-0.4, -0.2) is 11.2 Å². The Kier molecular flexibility index (Phi) is 2.05. The van der Waals surface area contributed by atoms with E-state index >= 15 is 0 Å². The number of nitrogens with zero attached hydrogens (tertiary/aromatic N) is 1. The smallest absolute Gasteiger partial charge is 0.0874 e. The molecule has 0 spiro atoms. The van der Waals surface area contributed by atoms with Crippen molar-refractivity contribution in [1.82, 2.24) is 4.98 Å². The first-order valence-electron chi connectivity index (χ1n) is 3.17. The van der Waals surface area contributed by atoms with Gasteiger partial charge in [0.1, 0.15) is 0 Å². The van der Waals surface area contributed by atoms with E-state index in [4.69, 9.17) is 0 Å². The maximum atomic E-state index is 4.11. The van der Waals surface area contributed by atoms with Gasteiger partial charge in [-0.15, -0.1) is 0 Å². The third-order valence-electron chi connectivity index (χ3n) is 1.23. The Balaban J connectivity index is 0.000001000. The van der Waals surface area contributed by atoms with E-state index in [2.05, 4.69) is 16.6 Å². The molecule has 0 fully saturated rings. The van der Waals surface area contributed by atoms with Crippen LogP contribution in [0.4, 0.5) is 5.69 Å². The predicted octanol–water partition coefficient (Wildman–Crippen LogP) is 2.63. The van der Waals surface area contributed by atoms with Crippen LogP contribution in [0.3, 0.4) is 0 Å². The van der Waals surface area contributed by atoms with Gasteiger partial charge in [0.05, 0.1) is 11.4 Å². The van der Waals surface area contributed by atoms with Gasteiger partial charge in [-0.25, -0.2) is 0 Å². The topological polar surface area (TPSA) is 28.1 Å². The maximum Gasteiger partial charge on any atom is 0.0874 e. The van der Waals surface area contributed by atoms with Crippen molar-refractivity contribution in [2.24, 2.45) is 4.99 Å². The van der Waals surface area contributed by atoms with E-state index in [0.717, 1.165) is 11.4 Å². The molecule has 0 unspecified atom stereocenters. The van der Waals surface area contributed by atoms with Gasteiger partial charge in [0.25, 0.3) is 0 Å². The molecule has 0 saturated heterocycles. The third-order valence-corrected chi connectivity index (χ3v) is 1.23. The highest BCUT2D eigenvalue weighted by atomic mass is 14.8. The summed E-state index contributed by atoms with van der Waals surface area (Å²) in [6.45, 7) is 5.53. The van der Waals surface area contributed by atoms with E-state index in [1.54, 1.807) is 12.3 Å². The molecule has 1 N–H and O–H groups in total. The average Bonchev–Trinajstić information content (AvgIpc) is 2.36. The summed E-state index contributed by atoms with van der Waals surface area (Å²) in [7, 11) is 0. The molecule has 2 nitrogen and oxygen atoms in total. The maximum absolute atomic E-state index is 4.11. The van der Waals surface area contributed by atoms with Crippen molar-refractivity contribution in [2.45, 2.75) is 6.92 Å². The predicted molar refractivity (Wildman–Crippen MR) is 46.8 cm³/mol. The van der Waals surface area contributed by atoms with Crippen LogP contribution < -0.4 is 0 Å². The molecule has 0 aliphatic rings. The standard InChI is InChI=1S/C8H10N2.H2/c1-3-7-8(9-4-2)5-6-10-7;/h3-6,10H,1H2,2H3;1H. The summed E-state index contributed by atoms with van der Waals surface area (Å²) in [6.07, 6.45) is 5.36. The number of aliphatic imine (C=N–C) groups is 1. The molecule has 0 aliphatic carbocycles. The van der Waals surface area contributed by atoms with Gasteiger partial charge in [-0.1, -0.05) is 6.58 Å². The highest BCUT2D eigenvalue weighted by Gasteiger charge is 1.93. The fourth-order valence-corrected chi connectivity index (χ4v) is 0.789. The second kappa shape index (κ2) is 3.01. The first kappa shape index (κ1) is 6.81. The van der Waals surface area contributed by atoms with Gasteiger partial charge < -0.3 is 4.98 Å². The number of hydrogen-bond donors (Lipinski definition) is 1. The Morgan fingerprint density at radius 1 is 1.80 bits per heavy atom. The number of aromatic nitrogens is 1. The summed E-state index contributed by atoms with van der Waals surface area (Å²) < 4.78 is 0. The van der Waals surface area contributed by atoms with Crippen molar-refractivity contribution in [3.05, 3.63) is 24.5 Å². The molecule has 1 aromatic rings. The first-order valence-corrected chi connectivity index (χ1v) is 3.17. The molecule has 1 rings (SSSR count). The van der Waals surface area contributed by atoms with Crippen LogP contribution in [-0.2, 0) is 0 Å². The van der Waals surface area contributed by atoms with Crippen molar-refractivity contribution in [3.63, 3.8) is 0 Å². The van der Waals surface area contributed by atoms with Crippen LogP contribution in [0.5, 0.6) is 0 Å². The zero-order valence-corrected chi connectivity index (χ0v) is 5.96. The second-order valence-electron chi connectivity index (χ2n) is 1.87. The quantitative estimate of drug-likeness (QED) is 0.605. The Hall–Kier alpha value is -1.31. The fraction of sp³-hybridized carbons (Fsp3) is 0.125. The van der Waals surface area contributed by atoms with Gasteiger partial charge in [0.15, 0.2) is 0 Å². The lowest BCUT2D eigenvalue weighted by molar-refractivity contribution is 1.37. The van der Waals surface area contributed by atoms with Crippen LogP contribution >= 0.6 is 0 Å². The molecule has 0 bridgehead atoms. The van der Waals surface area contributed by atoms with Crippen LogP contribution in [0.2, 0.25) is 0 Å². The molecule has 10 heavy (non-hydrogen) atoms. The van der Waals surface area contributed by atoms with Gasteiger partial charge in [-0.2, -0.15) is 0 Å². The molecule has 0 aromatic carbocycles. The minimum Gasteiger partial charge on any atom is -0.360 e. The molecule has 1 heterocycles. The van der Waals surface area contributed by atoms with Gasteiger partial charge in [-0.3, -0.25) is 4.99 Å². The van der Waals surface area contributed by atoms with E-state index in [-0.39, 0.29) is 1.43 Å². The summed E-state index contributed by atoms with van der Waals surface area (Å²) in [5.74, 6) is 0. The summed E-state index contributed by atoms with van der Waals surface area (Å²) in [4.78, 5) is 7.12. The second-order valence-corrected chi connectivity index (χ2v) is 1.87. The molecule has 1 aromatic heterocycles. The lowest BCUT2D eigenvalue weighted by Crippen LogP contribution is -1.68. The number of rotatable bonds is 2. The summed E-state index contributed by atoms with van der Waals surface area (Å²) in [5.41, 5.74) is 1.91. The zero-order valence-electron chi connectivity index (χ0n) is 5.96. The van der Waals surface area contributed by atoms with E-state index in [1.165, 1.54) is 0 Å². The highest BCUT2D eigenvalue weighted by Crippen LogP contribution is 2.17. The SMILES string of the molecule is C=Cc1[nH]ccc1N=CC.[HH]. The minimum atomic E-state index is 0. The zero-order chi connectivity index (χ0) is 7.40. The summed E-state index contributed by atoms with van der Waals surface area (Å²) in [6, 6.07) is 1.91. The van der Waals surface area contributed by atoms with Crippen molar-refractivity contribution in [3.8, 4) is 0 Å². The van der Waals surface area contributed by atoms with E-state index < -0.39 is 0 Å². The molecule has 2 heteroatoms. The largest absolute Gasteiger partial charge is 0.360 e. The van der Waals surface area contributed by atoms with Gasteiger partial charge in [-0.05, 0) is 19.1 Å². The van der Waals surface area contributed by atoms with E-state index in [1.807, 2.05) is 19.2 Å². The van der Waals surface area contributed by atoms with Crippen molar-refractivity contribution >= 4 is 18.0 Å². The Bertz CT molecular complexity index is 250. The Morgan fingerprint density at radius 3 is 3.20 bits per heavy atom. The molecule has 0 saturated carbocycles. The Labute approximate surface area is 61.8 Å². The average molecular weight is 136 g/mol. The van der Waals surface area contributed by atoms with E-state index in [0.29, 0.717) is 0 Å². The van der Waals surface area contributed by atoms with Crippen LogP contribution in [0.1, 0.15) is 14.0 Å². The van der Waals surface area contributed by atoms with Gasteiger partial charge in [0, 0.05) is 13.8 Å². The summed E-state index contributed by atoms with van der Waals surface area (Å²) >= 11 is 0. The van der Waals surface area contributed by atoms with Gasteiger partial charge >= 0.3 is 0 Å². The van der Waals surface area contributed by atoms with Crippen molar-refractivity contribution < 1.29 is 1.43 Å². The monoisotopic (exact) mass is 136 g/mol. The molecule has 0 atom stereocenters. The Morgan fingerprint density at radius 2 is 2.60 bits per heavy atom. The van der Waals surface area contributed by atoms with Crippen LogP contribution in [0, 0.1) is 0 Å². The van der Waals surface area contributed by atoms with Crippen LogP contribution in [0.25, 0.3) is 6.08 Å². The van der Waals surface area contributed by atoms with Gasteiger partial charge in [0.2, 0.25) is 0 Å². The molecular formula is C8H12N2. The molecule has 0 radical (unpaired) electrons. The summed E-state index contributed by atoms with van der Waals surface area (Å²) in [5, 5.41) is 0. The molecule has 54 valence electrons. The third kappa shape index (κ3) is 1.16. The molecule has 0 aliphatic heterocycles. The number of nitrogens with one attached hydrogen (secondary N) is 1. The molecular weight excluding hydrogens is 124 g/mol. The van der Waals surface area contributed by atoms with Crippen molar-refractivity contribution in [1.29, 1.82) is 0 Å². The lowest BCUT2D eigenvalue weighted by atomic mass is 10.4. The van der Waals surface area contributed by atoms with E-state index in [9.17, 15) is 0 Å². The number of hydrogen-bond acceptors (Lipinski definition) is 1. The normalized spacial score (nSPS) is 10.5. The van der Waals surface area contributed by atoms with Crippen molar-refractivity contribution in [2.75, 3.05) is 0 Å². The fourth-order valence-electron chi connectivity index (χ4n) is 0.789. The van der Waals surface area contributed by atoms with Crippen LogP contribution in [0.15, 0.2) is 23.8 Å². The lowest BCUT2D eigenvalue weighted by Gasteiger charge is -1.87. The first-order chi connectivity index (χ1) is 4.88.